The summed E-state index contributed by atoms with van der Waals surface area (Å²) < 4.78 is 3.80. The van der Waals surface area contributed by atoms with Crippen molar-refractivity contribution >= 4 is 80.9 Å². The summed E-state index contributed by atoms with van der Waals surface area (Å²) in [6.45, 7) is 0. The largest absolute Gasteiger partial charge is 0.310 e. The van der Waals surface area contributed by atoms with Crippen LogP contribution >= 0.6 is 22.7 Å². The molecule has 2 nitrogen and oxygen atoms in total. The lowest BCUT2D eigenvalue weighted by molar-refractivity contribution is 1.29. The molecule has 2 aromatic heterocycles. The van der Waals surface area contributed by atoms with Gasteiger partial charge in [0.15, 0.2) is 0 Å². The zero-order valence-electron chi connectivity index (χ0n) is 27.5. The van der Waals surface area contributed by atoms with Crippen LogP contribution in [0, 0.1) is 0 Å². The van der Waals surface area contributed by atoms with Crippen molar-refractivity contribution in [3.63, 3.8) is 0 Å². The van der Waals surface area contributed by atoms with E-state index in [1.807, 2.05) is 11.3 Å². The highest BCUT2D eigenvalue weighted by atomic mass is 32.1. The molecule has 0 unspecified atom stereocenters. The highest BCUT2D eigenvalue weighted by Gasteiger charge is 2.21. The highest BCUT2D eigenvalue weighted by Crippen LogP contribution is 2.47. The molecular weight excluding hydrogens is 657 g/mol. The molecule has 0 aliphatic carbocycles. The number of anilines is 3. The topological polar surface area (TPSA) is 16.1 Å². The molecule has 240 valence electrons. The molecule has 0 amide bonds. The van der Waals surface area contributed by atoms with Crippen LogP contribution < -0.4 is 4.90 Å². The summed E-state index contributed by atoms with van der Waals surface area (Å²) in [5, 5.41) is 6.03. The number of thiophene rings is 1. The first-order valence-corrected chi connectivity index (χ1v) is 18.8. The van der Waals surface area contributed by atoms with Gasteiger partial charge in [-0.25, -0.2) is 4.98 Å². The molecular formula is C47H30N2S2. The number of fused-ring (bicyclic) bond motifs is 6. The van der Waals surface area contributed by atoms with Crippen LogP contribution in [0.2, 0.25) is 0 Å². The fourth-order valence-corrected chi connectivity index (χ4v) is 9.49. The van der Waals surface area contributed by atoms with Crippen molar-refractivity contribution in [2.75, 3.05) is 4.90 Å². The van der Waals surface area contributed by atoms with E-state index in [1.165, 1.54) is 57.9 Å². The van der Waals surface area contributed by atoms with Crippen LogP contribution in [0.15, 0.2) is 182 Å². The first-order chi connectivity index (χ1) is 25.3. The third kappa shape index (κ3) is 5.28. The van der Waals surface area contributed by atoms with Crippen LogP contribution in [0.1, 0.15) is 0 Å². The van der Waals surface area contributed by atoms with Crippen LogP contribution in [-0.4, -0.2) is 4.98 Å². The average molecular weight is 687 g/mol. The molecule has 0 atom stereocenters. The number of hydrogen-bond acceptors (Lipinski definition) is 4. The molecule has 0 saturated heterocycles. The van der Waals surface area contributed by atoms with Gasteiger partial charge in [-0.05, 0) is 82.1 Å². The van der Waals surface area contributed by atoms with E-state index >= 15 is 0 Å². The van der Waals surface area contributed by atoms with E-state index in [0.717, 1.165) is 33.1 Å². The van der Waals surface area contributed by atoms with Gasteiger partial charge in [-0.1, -0.05) is 127 Å². The van der Waals surface area contributed by atoms with Gasteiger partial charge in [0.1, 0.15) is 5.01 Å². The third-order valence-corrected chi connectivity index (χ3v) is 11.9. The van der Waals surface area contributed by atoms with Gasteiger partial charge in [0.05, 0.1) is 15.9 Å². The maximum atomic E-state index is 5.09. The Kier molecular flexibility index (Phi) is 7.23. The summed E-state index contributed by atoms with van der Waals surface area (Å²) in [5.41, 5.74) is 10.3. The second-order valence-corrected chi connectivity index (χ2v) is 14.9. The molecule has 2 heterocycles. The van der Waals surface area contributed by atoms with E-state index in [0.29, 0.717) is 0 Å². The predicted octanol–water partition coefficient (Wildman–Crippen LogP) is 14.3. The third-order valence-electron chi connectivity index (χ3n) is 9.67. The van der Waals surface area contributed by atoms with E-state index in [4.69, 9.17) is 4.98 Å². The minimum Gasteiger partial charge on any atom is -0.310 e. The Morgan fingerprint density at radius 2 is 1.02 bits per heavy atom. The van der Waals surface area contributed by atoms with Gasteiger partial charge >= 0.3 is 0 Å². The van der Waals surface area contributed by atoms with E-state index in [-0.39, 0.29) is 0 Å². The van der Waals surface area contributed by atoms with Gasteiger partial charge in [-0.15, -0.1) is 22.7 Å². The van der Waals surface area contributed by atoms with Crippen LogP contribution in [0.5, 0.6) is 0 Å². The number of rotatable bonds is 6. The van der Waals surface area contributed by atoms with Crippen molar-refractivity contribution < 1.29 is 0 Å². The lowest BCUT2D eigenvalue weighted by Gasteiger charge is -2.29. The van der Waals surface area contributed by atoms with Gasteiger partial charge in [0, 0.05) is 42.7 Å². The molecule has 10 aromatic rings. The molecule has 0 N–H and O–H groups in total. The summed E-state index contributed by atoms with van der Waals surface area (Å²) in [5.74, 6) is 0. The zero-order chi connectivity index (χ0) is 33.7. The van der Waals surface area contributed by atoms with Crippen molar-refractivity contribution in [1.29, 1.82) is 0 Å². The maximum Gasteiger partial charge on any atom is 0.124 e. The quantitative estimate of drug-likeness (QED) is 0.173. The lowest BCUT2D eigenvalue weighted by atomic mass is 9.97. The molecule has 0 saturated carbocycles. The monoisotopic (exact) mass is 686 g/mol. The van der Waals surface area contributed by atoms with E-state index in [9.17, 15) is 0 Å². The highest BCUT2D eigenvalue weighted by molar-refractivity contribution is 7.28. The number of hydrogen-bond donors (Lipinski definition) is 0. The Balaban J connectivity index is 1.22. The number of nitrogens with zero attached hydrogens (tertiary/aromatic N) is 2. The lowest BCUT2D eigenvalue weighted by Crippen LogP contribution is -2.11. The van der Waals surface area contributed by atoms with Gasteiger partial charge in [-0.3, -0.25) is 0 Å². The van der Waals surface area contributed by atoms with Crippen molar-refractivity contribution in [3.05, 3.63) is 182 Å². The van der Waals surface area contributed by atoms with Crippen LogP contribution in [0.4, 0.5) is 17.1 Å². The number of aromatic nitrogens is 1. The summed E-state index contributed by atoms with van der Waals surface area (Å²) >= 11 is 3.64. The molecule has 4 heteroatoms. The molecule has 51 heavy (non-hydrogen) atoms. The summed E-state index contributed by atoms with van der Waals surface area (Å²) in [7, 11) is 0. The molecule has 0 bridgehead atoms. The minimum absolute atomic E-state index is 1.05. The SMILES string of the molecule is c1ccc(-c2ccc(N(c3ccc4sc5ccc6nc(-c7ccccc7)sc6c5c4c3)c3cc4ccccc4cc3-c3ccccc3)cc2)cc1. The Hall–Kier alpha value is -6.07. The first-order valence-electron chi connectivity index (χ1n) is 17.1. The Morgan fingerprint density at radius 1 is 0.431 bits per heavy atom. The standard InChI is InChI=1S/C47H30N2S2/c1-4-12-31(13-5-1)32-20-22-37(23-21-32)49(42-29-36-19-11-10-18-35(36)28-39(42)33-14-6-2-7-15-33)38-24-26-43-40(30-38)45-44(50-43)27-25-41-46(45)51-47(48-41)34-16-8-3-9-17-34/h1-30H. The van der Waals surface area contributed by atoms with Crippen LogP contribution in [0.25, 0.3) is 74.0 Å². The molecule has 0 radical (unpaired) electrons. The Bertz CT molecular complexity index is 2840. The van der Waals surface area contributed by atoms with E-state index in [1.54, 1.807) is 11.3 Å². The Morgan fingerprint density at radius 3 is 1.75 bits per heavy atom. The molecule has 0 aliphatic heterocycles. The van der Waals surface area contributed by atoms with Gasteiger partial charge in [-0.2, -0.15) is 0 Å². The molecule has 0 fully saturated rings. The van der Waals surface area contributed by atoms with Gasteiger partial charge < -0.3 is 4.90 Å². The van der Waals surface area contributed by atoms with Gasteiger partial charge in [0.25, 0.3) is 0 Å². The molecule has 10 rings (SSSR count). The predicted molar refractivity (Wildman–Crippen MR) is 221 cm³/mol. The van der Waals surface area contributed by atoms with Gasteiger partial charge in [0.2, 0.25) is 0 Å². The zero-order valence-corrected chi connectivity index (χ0v) is 29.2. The van der Waals surface area contributed by atoms with Crippen molar-refractivity contribution in [3.8, 4) is 32.8 Å². The second kappa shape index (κ2) is 12.4. The number of thiazole rings is 1. The van der Waals surface area contributed by atoms with E-state index in [2.05, 4.69) is 187 Å². The molecule has 8 aromatic carbocycles. The summed E-state index contributed by atoms with van der Waals surface area (Å²) in [4.78, 5) is 7.53. The molecule has 0 spiro atoms. The fraction of sp³-hybridized carbons (Fsp3) is 0. The Labute approximate surface area is 304 Å². The van der Waals surface area contributed by atoms with Crippen molar-refractivity contribution in [2.45, 2.75) is 0 Å². The average Bonchev–Trinajstić information content (AvgIpc) is 3.81. The number of benzene rings is 8. The first kappa shape index (κ1) is 29.8. The fourth-order valence-electron chi connectivity index (χ4n) is 7.20. The van der Waals surface area contributed by atoms with Crippen LogP contribution in [-0.2, 0) is 0 Å². The summed E-state index contributed by atoms with van der Waals surface area (Å²) in [6.07, 6.45) is 0. The summed E-state index contributed by atoms with van der Waals surface area (Å²) in [6, 6.07) is 65.6. The maximum absolute atomic E-state index is 5.09. The van der Waals surface area contributed by atoms with Crippen molar-refractivity contribution in [2.24, 2.45) is 0 Å². The molecule has 0 aliphatic rings. The van der Waals surface area contributed by atoms with Crippen LogP contribution in [0.3, 0.4) is 0 Å². The normalized spacial score (nSPS) is 11.5. The smallest absolute Gasteiger partial charge is 0.124 e. The minimum atomic E-state index is 1.05. The van der Waals surface area contributed by atoms with E-state index < -0.39 is 0 Å². The second-order valence-electron chi connectivity index (χ2n) is 12.8. The van der Waals surface area contributed by atoms with Crippen molar-refractivity contribution in [1.82, 2.24) is 4.98 Å².